The number of hydrogen-bond acceptors (Lipinski definition) is 7. The van der Waals surface area contributed by atoms with Crippen LogP contribution in [0.5, 0.6) is 0 Å². The van der Waals surface area contributed by atoms with Crippen LogP contribution in [-0.4, -0.2) is 64.5 Å². The molecule has 1 unspecified atom stereocenters. The minimum absolute atomic E-state index is 0.123. The van der Waals surface area contributed by atoms with Gasteiger partial charge in [0.15, 0.2) is 0 Å². The molecule has 10 heteroatoms. The van der Waals surface area contributed by atoms with Gasteiger partial charge in [-0.05, 0) is 66.8 Å². The molecule has 1 saturated heterocycles. The molecule has 10 nitrogen and oxygen atoms in total. The molecule has 0 aromatic carbocycles. The van der Waals surface area contributed by atoms with Gasteiger partial charge in [0, 0.05) is 6.54 Å². The Balaban J connectivity index is 2.69. The molecule has 0 aromatic rings. The highest BCUT2D eigenvalue weighted by Crippen LogP contribution is 2.18. The zero-order chi connectivity index (χ0) is 21.7. The molecule has 0 radical (unpaired) electrons. The molecule has 2 atom stereocenters. The first-order chi connectivity index (χ1) is 12.7. The summed E-state index contributed by atoms with van der Waals surface area (Å²) >= 11 is 0. The fourth-order valence-corrected chi connectivity index (χ4v) is 2.56. The van der Waals surface area contributed by atoms with E-state index in [2.05, 4.69) is 10.6 Å². The summed E-state index contributed by atoms with van der Waals surface area (Å²) in [5.41, 5.74) is -1.70. The van der Waals surface area contributed by atoms with E-state index < -0.39 is 41.4 Å². The van der Waals surface area contributed by atoms with E-state index in [-0.39, 0.29) is 5.92 Å². The topological polar surface area (TPSA) is 141 Å². The summed E-state index contributed by atoms with van der Waals surface area (Å²) in [6.07, 6.45) is -0.942. The van der Waals surface area contributed by atoms with Crippen LogP contribution in [0.2, 0.25) is 0 Å². The third-order valence-electron chi connectivity index (χ3n) is 3.74. The number of nitrogens with zero attached hydrogens (tertiary/aromatic N) is 1. The lowest BCUT2D eigenvalue weighted by Crippen LogP contribution is -2.51. The zero-order valence-electron chi connectivity index (χ0n) is 17.4. The maximum absolute atomic E-state index is 12.4. The van der Waals surface area contributed by atoms with Crippen molar-refractivity contribution in [1.29, 1.82) is 5.41 Å². The van der Waals surface area contributed by atoms with Gasteiger partial charge in [-0.3, -0.25) is 10.2 Å². The van der Waals surface area contributed by atoms with E-state index >= 15 is 0 Å². The van der Waals surface area contributed by atoms with Gasteiger partial charge in [-0.1, -0.05) is 0 Å². The Morgan fingerprint density at radius 2 is 1.61 bits per heavy atom. The largest absolute Gasteiger partial charge is 0.480 e. The van der Waals surface area contributed by atoms with Crippen molar-refractivity contribution in [3.8, 4) is 0 Å². The number of carboxylic acids is 1. The zero-order valence-corrected chi connectivity index (χ0v) is 17.4. The number of amides is 2. The van der Waals surface area contributed by atoms with Gasteiger partial charge in [0.05, 0.1) is 0 Å². The summed E-state index contributed by atoms with van der Waals surface area (Å²) in [7, 11) is 0. The van der Waals surface area contributed by atoms with E-state index in [9.17, 15) is 14.4 Å². The molecule has 1 heterocycles. The highest BCUT2D eigenvalue weighted by molar-refractivity contribution is 6.06. The van der Waals surface area contributed by atoms with Gasteiger partial charge in [-0.2, -0.15) is 0 Å². The highest BCUT2D eigenvalue weighted by Gasteiger charge is 2.35. The number of nitrogens with one attached hydrogen (secondary N) is 3. The number of hydrogen-bond donors (Lipinski definition) is 4. The lowest BCUT2D eigenvalue weighted by molar-refractivity contribution is -0.139. The Hall–Kier alpha value is -2.36. The van der Waals surface area contributed by atoms with Crippen molar-refractivity contribution in [2.24, 2.45) is 5.92 Å². The van der Waals surface area contributed by atoms with Crippen LogP contribution in [0.4, 0.5) is 9.59 Å². The summed E-state index contributed by atoms with van der Waals surface area (Å²) < 4.78 is 10.4. The number of carbonyl (C=O) groups is 3. The molecule has 0 saturated carbocycles. The third kappa shape index (κ3) is 8.12. The summed E-state index contributed by atoms with van der Waals surface area (Å²) in [4.78, 5) is 36.3. The molecule has 0 aliphatic carbocycles. The second kappa shape index (κ2) is 9.22. The van der Waals surface area contributed by atoms with E-state index in [1.165, 1.54) is 0 Å². The molecule has 1 aliphatic heterocycles. The fraction of sp³-hybridized carbons (Fsp3) is 0.778. The Morgan fingerprint density at radius 1 is 1.11 bits per heavy atom. The summed E-state index contributed by atoms with van der Waals surface area (Å²) in [5.74, 6) is -1.22. The minimum atomic E-state index is -1.01. The van der Waals surface area contributed by atoms with Crippen LogP contribution in [0.15, 0.2) is 0 Å². The van der Waals surface area contributed by atoms with Crippen molar-refractivity contribution in [3.63, 3.8) is 0 Å². The van der Waals surface area contributed by atoms with Crippen LogP contribution in [0.3, 0.4) is 0 Å². The molecule has 2 amide bonds. The number of rotatable bonds is 4. The lowest BCUT2D eigenvalue weighted by Gasteiger charge is -2.28. The van der Waals surface area contributed by atoms with Gasteiger partial charge >= 0.3 is 18.2 Å². The molecule has 160 valence electrons. The van der Waals surface area contributed by atoms with Gasteiger partial charge in [-0.25, -0.2) is 9.59 Å². The van der Waals surface area contributed by atoms with E-state index in [1.807, 2.05) is 0 Å². The Morgan fingerprint density at radius 3 is 2.00 bits per heavy atom. The first kappa shape index (κ1) is 23.7. The van der Waals surface area contributed by atoms with Gasteiger partial charge in [0.1, 0.15) is 17.2 Å². The number of imide groups is 1. The van der Waals surface area contributed by atoms with Crippen LogP contribution in [-0.2, 0) is 14.3 Å². The summed E-state index contributed by atoms with van der Waals surface area (Å²) in [5, 5.41) is 22.7. The summed E-state index contributed by atoms with van der Waals surface area (Å²) in [6, 6.07) is -0.565. The Labute approximate surface area is 165 Å². The maximum atomic E-state index is 12.4. The molecule has 0 spiro atoms. The summed E-state index contributed by atoms with van der Waals surface area (Å²) in [6.45, 7) is 10.8. The maximum Gasteiger partial charge on any atom is 0.427 e. The Kier molecular flexibility index (Phi) is 7.80. The van der Waals surface area contributed by atoms with Gasteiger partial charge in [0.2, 0.25) is 5.96 Å². The van der Waals surface area contributed by atoms with Crippen LogP contribution < -0.4 is 10.6 Å². The third-order valence-corrected chi connectivity index (χ3v) is 3.74. The van der Waals surface area contributed by atoms with Crippen molar-refractivity contribution in [2.45, 2.75) is 71.6 Å². The van der Waals surface area contributed by atoms with Crippen molar-refractivity contribution in [3.05, 3.63) is 0 Å². The fourth-order valence-electron chi connectivity index (χ4n) is 2.56. The number of carbonyl (C=O) groups excluding carboxylic acids is 2. The monoisotopic (exact) mass is 400 g/mol. The molecule has 4 N–H and O–H groups in total. The Bertz CT molecular complexity index is 580. The molecule has 1 rings (SSSR count). The first-order valence-electron chi connectivity index (χ1n) is 9.24. The van der Waals surface area contributed by atoms with Crippen molar-refractivity contribution < 1.29 is 29.0 Å². The molecule has 0 bridgehead atoms. The smallest absolute Gasteiger partial charge is 0.427 e. The molecular weight excluding hydrogens is 368 g/mol. The van der Waals surface area contributed by atoms with E-state index in [1.54, 1.807) is 41.5 Å². The van der Waals surface area contributed by atoms with Crippen molar-refractivity contribution in [2.75, 3.05) is 13.1 Å². The number of guanidine groups is 1. The van der Waals surface area contributed by atoms with Crippen molar-refractivity contribution in [1.82, 2.24) is 15.5 Å². The van der Waals surface area contributed by atoms with Gasteiger partial charge < -0.3 is 25.2 Å². The average molecular weight is 400 g/mol. The predicted octanol–water partition coefficient (Wildman–Crippen LogP) is 2.14. The van der Waals surface area contributed by atoms with Crippen LogP contribution >= 0.6 is 0 Å². The number of carboxylic acid groups (broad SMARTS) is 1. The van der Waals surface area contributed by atoms with Crippen LogP contribution in [0.25, 0.3) is 0 Å². The molecular formula is C18H32N4O6. The second-order valence-electron chi connectivity index (χ2n) is 8.76. The average Bonchev–Trinajstić information content (AvgIpc) is 2.92. The minimum Gasteiger partial charge on any atom is -0.480 e. The standard InChI is InChI=1S/C18H32N4O6/c1-17(2,3)27-15(25)22(16(26)28-18(4,5)6)14(19)20-8-7-11-9-12(13(23)24)21-10-11/h11-12,21H,7-10H2,1-6H3,(H2,19,20)(H,23,24)/t11?,12-/m0/s1. The quantitative estimate of drug-likeness (QED) is 0.415. The lowest BCUT2D eigenvalue weighted by atomic mass is 10.0. The first-order valence-corrected chi connectivity index (χ1v) is 9.24. The SMILES string of the molecule is CC(C)(C)OC(=O)N(C(=N)NCCC1CN[C@H](C(=O)O)C1)C(=O)OC(C)(C)C. The molecule has 1 fully saturated rings. The second-order valence-corrected chi connectivity index (χ2v) is 8.76. The highest BCUT2D eigenvalue weighted by atomic mass is 16.6. The molecule has 28 heavy (non-hydrogen) atoms. The number of ether oxygens (including phenoxy) is 2. The predicted molar refractivity (Wildman–Crippen MR) is 102 cm³/mol. The number of aliphatic carboxylic acids is 1. The van der Waals surface area contributed by atoms with E-state index in [0.717, 1.165) is 0 Å². The van der Waals surface area contributed by atoms with Gasteiger partial charge in [-0.15, -0.1) is 4.90 Å². The molecule has 0 aromatic heterocycles. The normalized spacial score (nSPS) is 19.6. The molecule has 1 aliphatic rings. The van der Waals surface area contributed by atoms with E-state index in [4.69, 9.17) is 20.0 Å². The van der Waals surface area contributed by atoms with Crippen LogP contribution in [0.1, 0.15) is 54.4 Å². The van der Waals surface area contributed by atoms with E-state index in [0.29, 0.717) is 30.8 Å². The van der Waals surface area contributed by atoms with Crippen molar-refractivity contribution >= 4 is 24.1 Å². The van der Waals surface area contributed by atoms with Gasteiger partial charge in [0.25, 0.3) is 0 Å². The van der Waals surface area contributed by atoms with Crippen LogP contribution in [0, 0.1) is 11.3 Å².